The third kappa shape index (κ3) is 6.39. The monoisotopic (exact) mass is 120 g/mol. The van der Waals surface area contributed by atoms with Gasteiger partial charge in [-0.05, 0) is 19.0 Å². The molecule has 0 aliphatic heterocycles. The number of aliphatic hydroxyl groups excluding tert-OH is 1. The third-order valence-corrected chi connectivity index (χ3v) is 0.985. The third-order valence-electron chi connectivity index (χ3n) is 0.713. The topological polar surface area (TPSA) is 20.2 Å². The van der Waals surface area contributed by atoms with Gasteiger partial charge < -0.3 is 5.11 Å². The highest BCUT2D eigenvalue weighted by atomic mass is 31.0. The molecule has 0 fully saturated rings. The highest BCUT2D eigenvalue weighted by molar-refractivity contribution is 7.17. The van der Waals surface area contributed by atoms with Gasteiger partial charge >= 0.3 is 0 Å². The first-order valence-electron chi connectivity index (χ1n) is 2.56. The number of aliphatic hydroxyl groups is 1. The molecule has 0 aliphatic rings. The van der Waals surface area contributed by atoms with Gasteiger partial charge in [0.25, 0.3) is 0 Å². The molecule has 0 aromatic heterocycles. The summed E-state index contributed by atoms with van der Waals surface area (Å²) in [4.78, 5) is 0. The van der Waals surface area contributed by atoms with Crippen molar-refractivity contribution in [3.8, 4) is 0 Å². The molecular weight excluding hydrogens is 107 g/mol. The molecule has 0 aromatic rings. The highest BCUT2D eigenvalue weighted by Gasteiger charge is 1.97. The van der Waals surface area contributed by atoms with Crippen molar-refractivity contribution in [3.05, 3.63) is 0 Å². The fourth-order valence-corrected chi connectivity index (χ4v) is 0.932. The molecule has 0 amide bonds. The second-order valence-corrected chi connectivity index (χ2v) is 3.20. The van der Waals surface area contributed by atoms with Crippen molar-refractivity contribution in [1.29, 1.82) is 0 Å². The molecule has 0 heterocycles. The van der Waals surface area contributed by atoms with Crippen LogP contribution in [0, 0.1) is 0 Å². The minimum absolute atomic E-state index is 0.146. The predicted molar refractivity (Wildman–Crippen MR) is 35.5 cm³/mol. The van der Waals surface area contributed by atoms with Crippen molar-refractivity contribution < 1.29 is 5.11 Å². The molecule has 0 aromatic carbocycles. The quantitative estimate of drug-likeness (QED) is 0.539. The SMILES string of the molecule is CC(O)CC(C)P. The van der Waals surface area contributed by atoms with Crippen molar-refractivity contribution in [2.24, 2.45) is 0 Å². The molecule has 0 saturated carbocycles. The molecular formula is C5H13OP. The van der Waals surface area contributed by atoms with Crippen molar-refractivity contribution in [1.82, 2.24) is 0 Å². The van der Waals surface area contributed by atoms with E-state index < -0.39 is 0 Å². The summed E-state index contributed by atoms with van der Waals surface area (Å²) in [6.07, 6.45) is 0.734. The van der Waals surface area contributed by atoms with Gasteiger partial charge in [-0.15, -0.1) is 9.24 Å². The van der Waals surface area contributed by atoms with Gasteiger partial charge in [-0.1, -0.05) is 6.92 Å². The van der Waals surface area contributed by atoms with E-state index in [4.69, 9.17) is 5.11 Å². The number of rotatable bonds is 2. The van der Waals surface area contributed by atoms with Crippen molar-refractivity contribution in [3.63, 3.8) is 0 Å². The average Bonchev–Trinajstić information content (AvgIpc) is 1.27. The fraction of sp³-hybridized carbons (Fsp3) is 1.00. The van der Waals surface area contributed by atoms with Gasteiger partial charge in [0.05, 0.1) is 6.10 Å². The predicted octanol–water partition coefficient (Wildman–Crippen LogP) is 1.02. The molecule has 44 valence electrons. The van der Waals surface area contributed by atoms with E-state index in [1.54, 1.807) is 6.92 Å². The van der Waals surface area contributed by atoms with Gasteiger partial charge in [-0.2, -0.15) is 0 Å². The zero-order valence-corrected chi connectivity index (χ0v) is 6.04. The van der Waals surface area contributed by atoms with Crippen LogP contribution in [-0.4, -0.2) is 16.9 Å². The molecule has 0 rings (SSSR count). The molecule has 0 bridgehead atoms. The number of hydrogen-bond acceptors (Lipinski definition) is 1. The van der Waals surface area contributed by atoms with Crippen LogP contribution in [0.5, 0.6) is 0 Å². The molecule has 2 heteroatoms. The molecule has 3 unspecified atom stereocenters. The maximum atomic E-state index is 8.71. The molecule has 1 nitrogen and oxygen atoms in total. The molecule has 0 aliphatic carbocycles. The van der Waals surface area contributed by atoms with Gasteiger partial charge in [0.2, 0.25) is 0 Å². The first-order chi connectivity index (χ1) is 3.13. The lowest BCUT2D eigenvalue weighted by Gasteiger charge is -2.04. The summed E-state index contributed by atoms with van der Waals surface area (Å²) >= 11 is 0. The van der Waals surface area contributed by atoms with E-state index in [9.17, 15) is 0 Å². The summed E-state index contributed by atoms with van der Waals surface area (Å²) in [7, 11) is 2.64. The molecule has 0 spiro atoms. The lowest BCUT2D eigenvalue weighted by atomic mass is 10.2. The minimum Gasteiger partial charge on any atom is -0.393 e. The summed E-state index contributed by atoms with van der Waals surface area (Å²) in [5.41, 5.74) is 0.542. The van der Waals surface area contributed by atoms with Crippen molar-refractivity contribution in [2.45, 2.75) is 32.0 Å². The Bertz CT molecular complexity index is 37.3. The Morgan fingerprint density at radius 2 is 2.00 bits per heavy atom. The Morgan fingerprint density at radius 3 is 2.00 bits per heavy atom. The smallest absolute Gasteiger partial charge is 0.0517 e. The van der Waals surface area contributed by atoms with Gasteiger partial charge in [0.1, 0.15) is 0 Å². The lowest BCUT2D eigenvalue weighted by Crippen LogP contribution is -2.04. The van der Waals surface area contributed by atoms with Crippen molar-refractivity contribution in [2.75, 3.05) is 0 Å². The standard InChI is InChI=1S/C5H13OP/c1-4(6)3-5(2)7/h4-6H,3,7H2,1-2H3. The average molecular weight is 120 g/mol. The number of hydrogen-bond donors (Lipinski definition) is 1. The summed E-state index contributed by atoms with van der Waals surface area (Å²) in [5.74, 6) is 0. The van der Waals surface area contributed by atoms with Crippen LogP contribution >= 0.6 is 9.24 Å². The van der Waals surface area contributed by atoms with E-state index >= 15 is 0 Å². The van der Waals surface area contributed by atoms with Crippen molar-refractivity contribution >= 4 is 9.24 Å². The zero-order valence-electron chi connectivity index (χ0n) is 4.89. The summed E-state index contributed by atoms with van der Waals surface area (Å²) in [5, 5.41) is 8.71. The Labute approximate surface area is 47.3 Å². The Kier molecular flexibility index (Phi) is 3.59. The van der Waals surface area contributed by atoms with Gasteiger partial charge in [0.15, 0.2) is 0 Å². The van der Waals surface area contributed by atoms with Crippen LogP contribution < -0.4 is 0 Å². The van der Waals surface area contributed by atoms with Crippen LogP contribution in [0.15, 0.2) is 0 Å². The Morgan fingerprint density at radius 1 is 1.57 bits per heavy atom. The molecule has 0 saturated heterocycles. The summed E-state index contributed by atoms with van der Waals surface area (Å²) in [6, 6.07) is 0. The van der Waals surface area contributed by atoms with E-state index in [1.807, 2.05) is 0 Å². The summed E-state index contributed by atoms with van der Waals surface area (Å²) < 4.78 is 0. The fourth-order valence-electron chi connectivity index (χ4n) is 0.538. The van der Waals surface area contributed by atoms with Crippen LogP contribution in [0.1, 0.15) is 20.3 Å². The molecule has 3 atom stereocenters. The second-order valence-electron chi connectivity index (χ2n) is 2.06. The maximum absolute atomic E-state index is 8.71. The first-order valence-corrected chi connectivity index (χ1v) is 3.23. The van der Waals surface area contributed by atoms with E-state index in [2.05, 4.69) is 16.2 Å². The van der Waals surface area contributed by atoms with Crippen LogP contribution in [0.2, 0.25) is 0 Å². The summed E-state index contributed by atoms with van der Waals surface area (Å²) in [6.45, 7) is 3.87. The van der Waals surface area contributed by atoms with Gasteiger partial charge in [-0.3, -0.25) is 0 Å². The van der Waals surface area contributed by atoms with Gasteiger partial charge in [-0.25, -0.2) is 0 Å². The van der Waals surface area contributed by atoms with Crippen LogP contribution in [0.3, 0.4) is 0 Å². The lowest BCUT2D eigenvalue weighted by molar-refractivity contribution is 0.185. The Balaban J connectivity index is 2.95. The van der Waals surface area contributed by atoms with Crippen LogP contribution in [0.25, 0.3) is 0 Å². The minimum atomic E-state index is -0.146. The molecule has 1 N–H and O–H groups in total. The zero-order chi connectivity index (χ0) is 5.86. The van der Waals surface area contributed by atoms with E-state index in [-0.39, 0.29) is 6.10 Å². The molecule has 0 radical (unpaired) electrons. The van der Waals surface area contributed by atoms with E-state index in [0.29, 0.717) is 5.66 Å². The van der Waals surface area contributed by atoms with Crippen LogP contribution in [0.4, 0.5) is 0 Å². The Hall–Kier alpha value is 0.390. The van der Waals surface area contributed by atoms with Crippen LogP contribution in [-0.2, 0) is 0 Å². The largest absolute Gasteiger partial charge is 0.393 e. The molecule has 7 heavy (non-hydrogen) atoms. The first kappa shape index (κ1) is 7.39. The normalized spacial score (nSPS) is 18.9. The van der Waals surface area contributed by atoms with E-state index in [0.717, 1.165) is 6.42 Å². The second kappa shape index (κ2) is 3.40. The van der Waals surface area contributed by atoms with E-state index in [1.165, 1.54) is 0 Å². The highest BCUT2D eigenvalue weighted by Crippen LogP contribution is 2.05. The maximum Gasteiger partial charge on any atom is 0.0517 e. The van der Waals surface area contributed by atoms with Gasteiger partial charge in [0, 0.05) is 0 Å².